The van der Waals surface area contributed by atoms with E-state index >= 15 is 0 Å². The Labute approximate surface area is 93.6 Å². The van der Waals surface area contributed by atoms with Crippen LogP contribution in [0.4, 0.5) is 5.82 Å². The maximum absolute atomic E-state index is 11.7. The predicted octanol–water partition coefficient (Wildman–Crippen LogP) is 2.10. The van der Waals surface area contributed by atoms with Crippen molar-refractivity contribution in [3.8, 4) is 0 Å². The number of ether oxygens (including phenoxy) is 1. The van der Waals surface area contributed by atoms with E-state index in [1.807, 2.05) is 0 Å². The molecule has 0 aromatic carbocycles. The number of nitrogens with zero attached hydrogens (tertiary/aromatic N) is 1. The Hall–Kier alpha value is -1.13. The summed E-state index contributed by atoms with van der Waals surface area (Å²) in [4.78, 5) is 15.6. The summed E-state index contributed by atoms with van der Waals surface area (Å²) in [5, 5.41) is 3.00. The lowest BCUT2D eigenvalue weighted by molar-refractivity contribution is -0.133. The van der Waals surface area contributed by atoms with Crippen molar-refractivity contribution < 1.29 is 9.53 Å². The number of carbonyl (C=O) groups is 1. The molecule has 0 aliphatic carbocycles. The summed E-state index contributed by atoms with van der Waals surface area (Å²) in [6, 6.07) is 3.35. The molecule has 0 spiro atoms. The van der Waals surface area contributed by atoms with Crippen molar-refractivity contribution in [3.63, 3.8) is 0 Å². The van der Waals surface area contributed by atoms with Gasteiger partial charge in [-0.15, -0.1) is 0 Å². The quantitative estimate of drug-likeness (QED) is 0.862. The molecule has 0 aliphatic heterocycles. The van der Waals surface area contributed by atoms with E-state index in [4.69, 9.17) is 16.3 Å². The van der Waals surface area contributed by atoms with Gasteiger partial charge in [0.2, 0.25) is 0 Å². The van der Waals surface area contributed by atoms with E-state index in [-0.39, 0.29) is 5.91 Å². The van der Waals surface area contributed by atoms with Crippen LogP contribution in [0.2, 0.25) is 5.02 Å². The molecule has 1 amide bonds. The third-order valence-electron chi connectivity index (χ3n) is 2.05. The van der Waals surface area contributed by atoms with Crippen LogP contribution in [0, 0.1) is 0 Å². The van der Waals surface area contributed by atoms with Crippen molar-refractivity contribution in [2.75, 3.05) is 12.4 Å². The van der Waals surface area contributed by atoms with Gasteiger partial charge >= 0.3 is 0 Å². The van der Waals surface area contributed by atoms with Gasteiger partial charge in [0.1, 0.15) is 5.60 Å². The van der Waals surface area contributed by atoms with Gasteiger partial charge in [-0.1, -0.05) is 11.6 Å². The zero-order chi connectivity index (χ0) is 11.5. The molecular weight excluding hydrogens is 216 g/mol. The minimum atomic E-state index is -0.902. The summed E-state index contributed by atoms with van der Waals surface area (Å²) in [6.07, 6.45) is 1.56. The van der Waals surface area contributed by atoms with E-state index in [2.05, 4.69) is 10.3 Å². The molecule has 1 N–H and O–H groups in total. The van der Waals surface area contributed by atoms with Crippen LogP contribution in [-0.2, 0) is 9.53 Å². The molecule has 4 nitrogen and oxygen atoms in total. The first-order chi connectivity index (χ1) is 6.97. The zero-order valence-corrected chi connectivity index (χ0v) is 9.63. The van der Waals surface area contributed by atoms with Gasteiger partial charge < -0.3 is 10.1 Å². The lowest BCUT2D eigenvalue weighted by Crippen LogP contribution is -2.39. The third-order valence-corrected chi connectivity index (χ3v) is 2.35. The van der Waals surface area contributed by atoms with E-state index in [0.29, 0.717) is 10.8 Å². The second kappa shape index (κ2) is 4.59. The number of hydrogen-bond acceptors (Lipinski definition) is 3. The Kier molecular flexibility index (Phi) is 3.66. The number of anilines is 1. The normalized spacial score (nSPS) is 11.2. The van der Waals surface area contributed by atoms with Crippen molar-refractivity contribution >= 4 is 23.3 Å². The largest absolute Gasteiger partial charge is 0.369 e. The average molecular weight is 229 g/mol. The van der Waals surface area contributed by atoms with Crippen LogP contribution in [0.3, 0.4) is 0 Å². The van der Waals surface area contributed by atoms with Crippen molar-refractivity contribution in [2.24, 2.45) is 0 Å². The molecule has 1 aromatic rings. The van der Waals surface area contributed by atoms with Crippen molar-refractivity contribution in [2.45, 2.75) is 19.4 Å². The van der Waals surface area contributed by atoms with Crippen LogP contribution >= 0.6 is 11.6 Å². The molecule has 0 saturated carbocycles. The summed E-state index contributed by atoms with van der Waals surface area (Å²) in [7, 11) is 1.47. The third kappa shape index (κ3) is 2.91. The fourth-order valence-electron chi connectivity index (χ4n) is 0.828. The van der Waals surface area contributed by atoms with Crippen LogP contribution in [0.1, 0.15) is 13.8 Å². The van der Waals surface area contributed by atoms with Crippen LogP contribution < -0.4 is 5.32 Å². The Morgan fingerprint density at radius 2 is 2.27 bits per heavy atom. The molecule has 0 saturated heterocycles. The zero-order valence-electron chi connectivity index (χ0n) is 8.87. The molecule has 15 heavy (non-hydrogen) atoms. The SMILES string of the molecule is COC(C)(C)C(=O)Nc1ncccc1Cl. The van der Waals surface area contributed by atoms with Gasteiger partial charge in [0.25, 0.3) is 5.91 Å². The molecule has 5 heteroatoms. The molecule has 0 atom stereocenters. The minimum absolute atomic E-state index is 0.286. The van der Waals surface area contributed by atoms with Gasteiger partial charge in [0.05, 0.1) is 5.02 Å². The Morgan fingerprint density at radius 3 is 2.80 bits per heavy atom. The molecule has 0 radical (unpaired) electrons. The fourth-order valence-corrected chi connectivity index (χ4v) is 0.997. The van der Waals surface area contributed by atoms with E-state index in [9.17, 15) is 4.79 Å². The van der Waals surface area contributed by atoms with Crippen molar-refractivity contribution in [1.29, 1.82) is 0 Å². The molecule has 0 unspecified atom stereocenters. The number of aromatic nitrogens is 1. The first kappa shape index (κ1) is 11.9. The number of halogens is 1. The Bertz CT molecular complexity index is 366. The second-order valence-corrected chi connectivity index (χ2v) is 3.91. The summed E-state index contributed by atoms with van der Waals surface area (Å²) in [5.41, 5.74) is -0.902. The molecule has 0 fully saturated rings. The van der Waals surface area contributed by atoms with Gasteiger partial charge in [-0.05, 0) is 26.0 Å². The van der Waals surface area contributed by atoms with Crippen molar-refractivity contribution in [1.82, 2.24) is 4.98 Å². The molecule has 1 rings (SSSR count). The fraction of sp³-hybridized carbons (Fsp3) is 0.400. The summed E-state index contributed by atoms with van der Waals surface area (Å²) in [5.74, 6) is 0.0555. The Morgan fingerprint density at radius 1 is 1.60 bits per heavy atom. The highest BCUT2D eigenvalue weighted by Crippen LogP contribution is 2.19. The lowest BCUT2D eigenvalue weighted by atomic mass is 10.1. The number of pyridine rings is 1. The maximum Gasteiger partial charge on any atom is 0.257 e. The molecular formula is C10H13ClN2O2. The minimum Gasteiger partial charge on any atom is -0.369 e. The number of amides is 1. The number of nitrogens with one attached hydrogen (secondary N) is 1. The Balaban J connectivity index is 2.80. The van der Waals surface area contributed by atoms with Crippen LogP contribution in [0.5, 0.6) is 0 Å². The highest BCUT2D eigenvalue weighted by Gasteiger charge is 2.27. The summed E-state index contributed by atoms with van der Waals surface area (Å²) < 4.78 is 5.03. The molecule has 0 aliphatic rings. The molecule has 1 heterocycles. The molecule has 82 valence electrons. The highest BCUT2D eigenvalue weighted by molar-refractivity contribution is 6.33. The highest BCUT2D eigenvalue weighted by atomic mass is 35.5. The predicted molar refractivity (Wildman–Crippen MR) is 59.0 cm³/mol. The van der Waals surface area contributed by atoms with E-state index in [1.54, 1.807) is 32.2 Å². The van der Waals surface area contributed by atoms with Crippen LogP contribution in [-0.4, -0.2) is 23.6 Å². The van der Waals surface area contributed by atoms with Gasteiger partial charge in [0.15, 0.2) is 5.82 Å². The standard InChI is InChI=1S/C10H13ClN2O2/c1-10(2,15-3)9(14)13-8-7(11)5-4-6-12-8/h4-6H,1-3H3,(H,12,13,14). The van der Waals surface area contributed by atoms with E-state index in [0.717, 1.165) is 0 Å². The van der Waals surface area contributed by atoms with E-state index < -0.39 is 5.60 Å². The van der Waals surface area contributed by atoms with Gasteiger partial charge in [0, 0.05) is 13.3 Å². The van der Waals surface area contributed by atoms with Crippen molar-refractivity contribution in [3.05, 3.63) is 23.4 Å². The molecule has 1 aromatic heterocycles. The number of hydrogen-bond donors (Lipinski definition) is 1. The van der Waals surface area contributed by atoms with E-state index in [1.165, 1.54) is 7.11 Å². The van der Waals surface area contributed by atoms with Crippen LogP contribution in [0.15, 0.2) is 18.3 Å². The van der Waals surface area contributed by atoms with Gasteiger partial charge in [-0.2, -0.15) is 0 Å². The lowest BCUT2D eigenvalue weighted by Gasteiger charge is -2.21. The first-order valence-electron chi connectivity index (χ1n) is 4.44. The monoisotopic (exact) mass is 228 g/mol. The molecule has 0 bridgehead atoms. The van der Waals surface area contributed by atoms with Gasteiger partial charge in [-0.3, -0.25) is 4.79 Å². The smallest absolute Gasteiger partial charge is 0.257 e. The van der Waals surface area contributed by atoms with Crippen LogP contribution in [0.25, 0.3) is 0 Å². The topological polar surface area (TPSA) is 51.2 Å². The number of carbonyl (C=O) groups excluding carboxylic acids is 1. The first-order valence-corrected chi connectivity index (χ1v) is 4.82. The average Bonchev–Trinajstić information content (AvgIpc) is 2.21. The van der Waals surface area contributed by atoms with Gasteiger partial charge in [-0.25, -0.2) is 4.98 Å². The summed E-state index contributed by atoms with van der Waals surface area (Å²) >= 11 is 5.84. The maximum atomic E-state index is 11.7. The number of rotatable bonds is 3. The summed E-state index contributed by atoms with van der Waals surface area (Å²) in [6.45, 7) is 3.33. The second-order valence-electron chi connectivity index (χ2n) is 3.50. The number of methoxy groups -OCH3 is 1.